The van der Waals surface area contributed by atoms with E-state index in [0.29, 0.717) is 11.8 Å². The van der Waals surface area contributed by atoms with Crippen LogP contribution >= 0.6 is 0 Å². The van der Waals surface area contributed by atoms with Gasteiger partial charge >= 0.3 is 0 Å². The Morgan fingerprint density at radius 3 is 2.53 bits per heavy atom. The molecular weight excluding hydrogens is 238 g/mol. The van der Waals surface area contributed by atoms with Gasteiger partial charge in [-0.25, -0.2) is 0 Å². The normalized spacial score (nSPS) is 18.8. The van der Waals surface area contributed by atoms with Crippen LogP contribution in [0.1, 0.15) is 54.4 Å². The summed E-state index contributed by atoms with van der Waals surface area (Å²) >= 11 is 0. The van der Waals surface area contributed by atoms with E-state index >= 15 is 0 Å². The number of benzene rings is 1. The van der Waals surface area contributed by atoms with Crippen LogP contribution in [0, 0.1) is 0 Å². The first kappa shape index (κ1) is 11.2. The maximum absolute atomic E-state index is 9.67. The van der Waals surface area contributed by atoms with E-state index in [1.807, 2.05) is 6.07 Å². The van der Waals surface area contributed by atoms with Gasteiger partial charge in [-0.3, -0.25) is 0 Å². The van der Waals surface area contributed by atoms with E-state index in [2.05, 4.69) is 23.4 Å². The number of aliphatic hydroxyl groups excluding tert-OH is 1. The molecule has 0 unspecified atom stereocenters. The third kappa shape index (κ3) is 1.89. The first-order valence-corrected chi connectivity index (χ1v) is 7.07. The predicted molar refractivity (Wildman–Crippen MR) is 71.8 cm³/mol. The number of nitrogens with zero attached hydrogens (tertiary/aromatic N) is 1. The van der Waals surface area contributed by atoms with Gasteiger partial charge in [-0.05, 0) is 37.2 Å². The zero-order valence-electron chi connectivity index (χ0n) is 10.8. The van der Waals surface area contributed by atoms with Crippen LogP contribution in [0.3, 0.4) is 0 Å². The average Bonchev–Trinajstić information content (AvgIpc) is 3.35. The second kappa shape index (κ2) is 4.20. The van der Waals surface area contributed by atoms with Crippen molar-refractivity contribution in [2.24, 2.45) is 0 Å². The summed E-state index contributed by atoms with van der Waals surface area (Å²) in [4.78, 5) is 0. The predicted octanol–water partition coefficient (Wildman–Crippen LogP) is 3.59. The van der Waals surface area contributed by atoms with Crippen LogP contribution < -0.4 is 0 Å². The number of hydrogen-bond donors (Lipinski definition) is 1. The molecule has 0 atom stereocenters. The molecule has 1 heterocycles. The molecule has 98 valence electrons. The van der Waals surface area contributed by atoms with Crippen LogP contribution in [0.4, 0.5) is 0 Å². The van der Waals surface area contributed by atoms with E-state index in [1.54, 1.807) is 0 Å². The minimum atomic E-state index is 0.0175. The Kier molecular flexibility index (Phi) is 2.49. The second-order valence-corrected chi connectivity index (χ2v) is 5.67. The van der Waals surface area contributed by atoms with E-state index in [9.17, 15) is 5.11 Å². The largest absolute Gasteiger partial charge is 0.391 e. The molecule has 0 amide bonds. The van der Waals surface area contributed by atoms with Crippen LogP contribution in [0.2, 0.25) is 0 Å². The van der Waals surface area contributed by atoms with Crippen LogP contribution in [-0.4, -0.2) is 10.3 Å². The standard InChI is InChI=1S/C16H17NO2/c18-9-14-15(17-19-16(14)11-7-8-11)13-4-2-1-3-12(13)10-5-6-10/h1-4,10-11,18H,5-9H2. The highest BCUT2D eigenvalue weighted by Gasteiger charge is 2.33. The second-order valence-electron chi connectivity index (χ2n) is 5.67. The summed E-state index contributed by atoms with van der Waals surface area (Å²) in [5.41, 5.74) is 4.25. The Balaban J connectivity index is 1.83. The zero-order chi connectivity index (χ0) is 12.8. The molecule has 2 saturated carbocycles. The zero-order valence-corrected chi connectivity index (χ0v) is 10.8. The molecular formula is C16H17NO2. The van der Waals surface area contributed by atoms with Gasteiger partial charge in [-0.2, -0.15) is 0 Å². The van der Waals surface area contributed by atoms with Crippen molar-refractivity contribution in [2.45, 2.75) is 44.1 Å². The minimum absolute atomic E-state index is 0.0175. The van der Waals surface area contributed by atoms with Crippen molar-refractivity contribution in [1.29, 1.82) is 0 Å². The number of aliphatic hydroxyl groups is 1. The van der Waals surface area contributed by atoms with E-state index in [4.69, 9.17) is 4.52 Å². The molecule has 0 bridgehead atoms. The van der Waals surface area contributed by atoms with Crippen molar-refractivity contribution in [2.75, 3.05) is 0 Å². The lowest BCUT2D eigenvalue weighted by atomic mass is 9.97. The molecule has 3 nitrogen and oxygen atoms in total. The van der Waals surface area contributed by atoms with Crippen molar-refractivity contribution in [1.82, 2.24) is 5.16 Å². The van der Waals surface area contributed by atoms with Gasteiger partial charge in [0.05, 0.1) is 6.61 Å². The lowest BCUT2D eigenvalue weighted by molar-refractivity contribution is 0.277. The molecule has 3 heteroatoms. The first-order chi connectivity index (χ1) is 9.38. The van der Waals surface area contributed by atoms with E-state index in [-0.39, 0.29) is 6.61 Å². The highest BCUT2D eigenvalue weighted by molar-refractivity contribution is 5.68. The van der Waals surface area contributed by atoms with Crippen molar-refractivity contribution in [3.63, 3.8) is 0 Å². The van der Waals surface area contributed by atoms with Gasteiger partial charge in [0, 0.05) is 17.0 Å². The fourth-order valence-electron chi connectivity index (χ4n) is 2.82. The molecule has 1 N–H and O–H groups in total. The SMILES string of the molecule is OCc1c(-c2ccccc2C2CC2)noc1C1CC1. The number of hydrogen-bond acceptors (Lipinski definition) is 3. The molecule has 1 aromatic carbocycles. The van der Waals surface area contributed by atoms with Crippen LogP contribution in [-0.2, 0) is 6.61 Å². The topological polar surface area (TPSA) is 46.3 Å². The summed E-state index contributed by atoms with van der Waals surface area (Å²) in [7, 11) is 0. The van der Waals surface area contributed by atoms with Crippen molar-refractivity contribution < 1.29 is 9.63 Å². The monoisotopic (exact) mass is 255 g/mol. The van der Waals surface area contributed by atoms with Crippen molar-refractivity contribution in [3.8, 4) is 11.3 Å². The molecule has 2 aliphatic carbocycles. The molecule has 1 aromatic heterocycles. The van der Waals surface area contributed by atoms with Crippen LogP contribution in [0.15, 0.2) is 28.8 Å². The molecule has 2 aliphatic rings. The number of aromatic nitrogens is 1. The van der Waals surface area contributed by atoms with Gasteiger partial charge in [0.15, 0.2) is 0 Å². The van der Waals surface area contributed by atoms with E-state index in [0.717, 1.165) is 35.4 Å². The lowest BCUT2D eigenvalue weighted by Gasteiger charge is -2.07. The van der Waals surface area contributed by atoms with Gasteiger partial charge in [0.2, 0.25) is 0 Å². The molecule has 0 spiro atoms. The Labute approximate surface area is 112 Å². The average molecular weight is 255 g/mol. The molecule has 2 fully saturated rings. The quantitative estimate of drug-likeness (QED) is 0.908. The molecule has 4 rings (SSSR count). The maximum Gasteiger partial charge on any atom is 0.145 e. The summed E-state index contributed by atoms with van der Waals surface area (Å²) in [6, 6.07) is 8.40. The van der Waals surface area contributed by atoms with Crippen molar-refractivity contribution >= 4 is 0 Å². The van der Waals surface area contributed by atoms with Crippen molar-refractivity contribution in [3.05, 3.63) is 41.2 Å². The highest BCUT2D eigenvalue weighted by atomic mass is 16.5. The fourth-order valence-corrected chi connectivity index (χ4v) is 2.82. The molecule has 19 heavy (non-hydrogen) atoms. The Bertz CT molecular complexity index is 609. The number of rotatable bonds is 4. The third-order valence-electron chi connectivity index (χ3n) is 4.16. The van der Waals surface area contributed by atoms with E-state index in [1.165, 1.54) is 18.4 Å². The van der Waals surface area contributed by atoms with Crippen LogP contribution in [0.5, 0.6) is 0 Å². The Hall–Kier alpha value is -1.61. The molecule has 2 aromatic rings. The van der Waals surface area contributed by atoms with Gasteiger partial charge in [-0.15, -0.1) is 0 Å². The van der Waals surface area contributed by atoms with Gasteiger partial charge in [0.25, 0.3) is 0 Å². The molecule has 0 radical (unpaired) electrons. The first-order valence-electron chi connectivity index (χ1n) is 7.07. The Morgan fingerprint density at radius 2 is 1.84 bits per heavy atom. The fraction of sp³-hybridized carbons (Fsp3) is 0.438. The van der Waals surface area contributed by atoms with Gasteiger partial charge < -0.3 is 9.63 Å². The summed E-state index contributed by atoms with van der Waals surface area (Å²) in [6.45, 7) is 0.0175. The summed E-state index contributed by atoms with van der Waals surface area (Å²) < 4.78 is 5.51. The minimum Gasteiger partial charge on any atom is -0.391 e. The highest BCUT2D eigenvalue weighted by Crippen LogP contribution is 2.47. The van der Waals surface area contributed by atoms with Gasteiger partial charge in [-0.1, -0.05) is 29.4 Å². The molecule has 0 saturated heterocycles. The summed E-state index contributed by atoms with van der Waals surface area (Å²) in [6.07, 6.45) is 4.84. The summed E-state index contributed by atoms with van der Waals surface area (Å²) in [5.74, 6) is 2.06. The van der Waals surface area contributed by atoms with Gasteiger partial charge in [0.1, 0.15) is 11.5 Å². The maximum atomic E-state index is 9.67. The third-order valence-corrected chi connectivity index (χ3v) is 4.16. The van der Waals surface area contributed by atoms with E-state index < -0.39 is 0 Å². The summed E-state index contributed by atoms with van der Waals surface area (Å²) in [5, 5.41) is 13.9. The Morgan fingerprint density at radius 1 is 1.11 bits per heavy atom. The molecule has 0 aliphatic heterocycles. The lowest BCUT2D eigenvalue weighted by Crippen LogP contribution is -1.93. The smallest absolute Gasteiger partial charge is 0.145 e. The van der Waals surface area contributed by atoms with Crippen LogP contribution in [0.25, 0.3) is 11.3 Å².